The van der Waals surface area contributed by atoms with Gasteiger partial charge in [-0.05, 0) is 61.2 Å². The fraction of sp³-hybridized carbons (Fsp3) is 0.138. The minimum atomic E-state index is -0.469. The molecule has 0 aromatic heterocycles. The molecule has 0 fully saturated rings. The second kappa shape index (κ2) is 11.7. The molecule has 2 N–H and O–H groups in total. The van der Waals surface area contributed by atoms with Gasteiger partial charge in [0.1, 0.15) is 0 Å². The predicted molar refractivity (Wildman–Crippen MR) is 142 cm³/mol. The number of amides is 1. The van der Waals surface area contributed by atoms with Crippen LogP contribution >= 0.6 is 0 Å². The molecule has 36 heavy (non-hydrogen) atoms. The van der Waals surface area contributed by atoms with Gasteiger partial charge >= 0.3 is 5.97 Å². The van der Waals surface area contributed by atoms with Gasteiger partial charge in [-0.25, -0.2) is 10.2 Å². The third-order valence-electron chi connectivity index (χ3n) is 5.39. The number of hydrogen-bond donors (Lipinski definition) is 2. The Bertz CT molecular complexity index is 1390. The number of aryl methyl sites for hydroxylation is 1. The van der Waals surface area contributed by atoms with Crippen molar-refractivity contribution >= 4 is 34.6 Å². The molecule has 7 nitrogen and oxygen atoms in total. The lowest BCUT2D eigenvalue weighted by Gasteiger charge is -2.11. The Hall–Kier alpha value is -4.65. The van der Waals surface area contributed by atoms with Gasteiger partial charge in [0, 0.05) is 11.1 Å². The number of benzene rings is 4. The van der Waals surface area contributed by atoms with Crippen molar-refractivity contribution in [2.75, 3.05) is 18.5 Å². The Morgan fingerprint density at radius 1 is 0.917 bits per heavy atom. The molecule has 0 aliphatic heterocycles. The molecule has 0 heterocycles. The number of hydrazone groups is 1. The van der Waals surface area contributed by atoms with E-state index in [-0.39, 0.29) is 12.5 Å². The van der Waals surface area contributed by atoms with Gasteiger partial charge in [-0.3, -0.25) is 4.79 Å². The van der Waals surface area contributed by atoms with Gasteiger partial charge in [0.15, 0.2) is 11.5 Å². The topological polar surface area (TPSA) is 89.0 Å². The standard InChI is InChI=1S/C29H27N3O4/c1-3-35-27-17-21(13-16-26(27)36-29(34)23-14-11-20(2)12-15-23)18-31-32-28(33)19-30-25-10-6-8-22-7-4-5-9-24(22)25/h4-18,30H,3,19H2,1-2H3,(H,32,33). The van der Waals surface area contributed by atoms with Crippen molar-refractivity contribution in [3.63, 3.8) is 0 Å². The van der Waals surface area contributed by atoms with Crippen molar-refractivity contribution < 1.29 is 19.1 Å². The molecule has 0 aliphatic carbocycles. The second-order valence-electron chi connectivity index (χ2n) is 8.07. The van der Waals surface area contributed by atoms with E-state index in [0.29, 0.717) is 29.2 Å². The average molecular weight is 482 g/mol. The van der Waals surface area contributed by atoms with Crippen LogP contribution in [0, 0.1) is 6.92 Å². The molecule has 7 heteroatoms. The molecule has 4 aromatic carbocycles. The van der Waals surface area contributed by atoms with Crippen molar-refractivity contribution in [2.24, 2.45) is 5.10 Å². The predicted octanol–water partition coefficient (Wildman–Crippen LogP) is 5.33. The molecule has 4 aromatic rings. The highest BCUT2D eigenvalue weighted by Crippen LogP contribution is 2.29. The fourth-order valence-electron chi connectivity index (χ4n) is 3.58. The largest absolute Gasteiger partial charge is 0.490 e. The van der Waals surface area contributed by atoms with Crippen LogP contribution in [0.1, 0.15) is 28.4 Å². The van der Waals surface area contributed by atoms with Gasteiger partial charge in [-0.2, -0.15) is 5.10 Å². The Morgan fingerprint density at radius 2 is 1.69 bits per heavy atom. The van der Waals surface area contributed by atoms with Crippen LogP contribution in [0.2, 0.25) is 0 Å². The molecule has 4 rings (SSSR count). The van der Waals surface area contributed by atoms with Gasteiger partial charge in [-0.1, -0.05) is 54.1 Å². The summed E-state index contributed by atoms with van der Waals surface area (Å²) in [4.78, 5) is 24.8. The molecule has 0 saturated heterocycles. The number of ether oxygens (including phenoxy) is 2. The van der Waals surface area contributed by atoms with Crippen LogP contribution in [0.5, 0.6) is 11.5 Å². The SMILES string of the molecule is CCOc1cc(C=NNC(=O)CNc2cccc3ccccc23)ccc1OC(=O)c1ccc(C)cc1. The van der Waals surface area contributed by atoms with Gasteiger partial charge in [0.2, 0.25) is 0 Å². The van der Waals surface area contributed by atoms with Gasteiger partial charge < -0.3 is 14.8 Å². The van der Waals surface area contributed by atoms with E-state index >= 15 is 0 Å². The Balaban J connectivity index is 1.36. The summed E-state index contributed by atoms with van der Waals surface area (Å²) in [5.74, 6) is -0.0371. The highest BCUT2D eigenvalue weighted by atomic mass is 16.6. The summed E-state index contributed by atoms with van der Waals surface area (Å²) in [6.07, 6.45) is 1.50. The number of carbonyl (C=O) groups is 2. The maximum absolute atomic E-state index is 12.5. The van der Waals surface area contributed by atoms with Crippen molar-refractivity contribution in [3.8, 4) is 11.5 Å². The average Bonchev–Trinajstić information content (AvgIpc) is 2.89. The molecule has 0 aliphatic rings. The van der Waals surface area contributed by atoms with Crippen molar-refractivity contribution in [1.82, 2.24) is 5.43 Å². The first-order valence-electron chi connectivity index (χ1n) is 11.6. The molecular weight excluding hydrogens is 454 g/mol. The van der Waals surface area contributed by atoms with E-state index in [2.05, 4.69) is 15.8 Å². The third kappa shape index (κ3) is 6.27. The highest BCUT2D eigenvalue weighted by Gasteiger charge is 2.13. The summed E-state index contributed by atoms with van der Waals surface area (Å²) >= 11 is 0. The number of nitrogens with one attached hydrogen (secondary N) is 2. The van der Waals surface area contributed by atoms with E-state index in [0.717, 1.165) is 22.0 Å². The smallest absolute Gasteiger partial charge is 0.343 e. The lowest BCUT2D eigenvalue weighted by atomic mass is 10.1. The van der Waals surface area contributed by atoms with Crippen molar-refractivity contribution in [2.45, 2.75) is 13.8 Å². The summed E-state index contributed by atoms with van der Waals surface area (Å²) in [5, 5.41) is 9.33. The van der Waals surface area contributed by atoms with Gasteiger partial charge in [0.25, 0.3) is 5.91 Å². The zero-order valence-electron chi connectivity index (χ0n) is 20.2. The molecule has 0 bridgehead atoms. The van der Waals surface area contributed by atoms with E-state index in [4.69, 9.17) is 9.47 Å². The summed E-state index contributed by atoms with van der Waals surface area (Å²) < 4.78 is 11.2. The normalized spacial score (nSPS) is 10.8. The fourth-order valence-corrected chi connectivity index (χ4v) is 3.58. The quantitative estimate of drug-likeness (QED) is 0.146. The lowest BCUT2D eigenvalue weighted by Crippen LogP contribution is -2.25. The van der Waals surface area contributed by atoms with Gasteiger partial charge in [-0.15, -0.1) is 0 Å². The summed E-state index contributed by atoms with van der Waals surface area (Å²) in [6, 6.07) is 26.1. The van der Waals surface area contributed by atoms with Crippen LogP contribution in [-0.2, 0) is 4.79 Å². The van der Waals surface area contributed by atoms with Gasteiger partial charge in [0.05, 0.1) is 24.9 Å². The minimum Gasteiger partial charge on any atom is -0.490 e. The van der Waals surface area contributed by atoms with Crippen LogP contribution in [0.4, 0.5) is 5.69 Å². The first-order chi connectivity index (χ1) is 17.5. The minimum absolute atomic E-state index is 0.0729. The Labute approximate surface area is 209 Å². The van der Waals surface area contributed by atoms with E-state index in [1.807, 2.05) is 68.4 Å². The molecule has 0 radical (unpaired) electrons. The first kappa shape index (κ1) is 24.5. The molecule has 0 unspecified atom stereocenters. The van der Waals surface area contributed by atoms with E-state index in [1.54, 1.807) is 30.3 Å². The molecule has 0 saturated carbocycles. The van der Waals surface area contributed by atoms with Crippen LogP contribution in [0.25, 0.3) is 10.8 Å². The number of esters is 1. The molecule has 1 amide bonds. The number of rotatable bonds is 9. The van der Waals surface area contributed by atoms with E-state index < -0.39 is 5.97 Å². The lowest BCUT2D eigenvalue weighted by molar-refractivity contribution is -0.119. The number of fused-ring (bicyclic) bond motifs is 1. The van der Waals surface area contributed by atoms with E-state index in [1.165, 1.54) is 6.21 Å². The summed E-state index contributed by atoms with van der Waals surface area (Å²) in [6.45, 7) is 4.26. The summed E-state index contributed by atoms with van der Waals surface area (Å²) in [5.41, 5.74) is 5.58. The zero-order chi connectivity index (χ0) is 25.3. The zero-order valence-corrected chi connectivity index (χ0v) is 20.2. The second-order valence-corrected chi connectivity index (χ2v) is 8.07. The summed E-state index contributed by atoms with van der Waals surface area (Å²) in [7, 11) is 0. The number of hydrogen-bond acceptors (Lipinski definition) is 6. The molecular formula is C29H27N3O4. The maximum atomic E-state index is 12.5. The first-order valence-corrected chi connectivity index (χ1v) is 11.6. The van der Waals surface area contributed by atoms with Crippen LogP contribution in [-0.4, -0.2) is 31.2 Å². The number of carbonyl (C=O) groups excluding carboxylic acids is 2. The third-order valence-corrected chi connectivity index (χ3v) is 5.39. The number of nitrogens with zero attached hydrogens (tertiary/aromatic N) is 1. The maximum Gasteiger partial charge on any atom is 0.343 e. The van der Waals surface area contributed by atoms with Crippen LogP contribution in [0.3, 0.4) is 0 Å². The highest BCUT2D eigenvalue weighted by molar-refractivity contribution is 5.95. The van der Waals surface area contributed by atoms with Crippen LogP contribution in [0.15, 0.2) is 90.0 Å². The van der Waals surface area contributed by atoms with E-state index in [9.17, 15) is 9.59 Å². The van der Waals surface area contributed by atoms with Crippen LogP contribution < -0.4 is 20.2 Å². The number of anilines is 1. The monoisotopic (exact) mass is 481 g/mol. The molecule has 0 atom stereocenters. The van der Waals surface area contributed by atoms with Crippen molar-refractivity contribution in [3.05, 3.63) is 102 Å². The Morgan fingerprint density at radius 3 is 2.50 bits per heavy atom. The van der Waals surface area contributed by atoms with Crippen molar-refractivity contribution in [1.29, 1.82) is 0 Å². The Kier molecular flexibility index (Phi) is 7.93. The molecule has 0 spiro atoms. The molecule has 182 valence electrons.